The van der Waals surface area contributed by atoms with Crippen molar-refractivity contribution in [3.8, 4) is 0 Å². The Morgan fingerprint density at radius 2 is 0.923 bits per heavy atom. The van der Waals surface area contributed by atoms with Crippen molar-refractivity contribution in [1.82, 2.24) is 0 Å². The Bertz CT molecular complexity index is 1550. The Labute approximate surface area is 227 Å². The maximum Gasteiger partial charge on any atom is 0.303 e. The van der Waals surface area contributed by atoms with Crippen molar-refractivity contribution in [3.05, 3.63) is 132 Å². The van der Waals surface area contributed by atoms with Crippen LogP contribution in [-0.4, -0.2) is 17.7 Å². The predicted octanol–water partition coefficient (Wildman–Crippen LogP) is 7.40. The zero-order valence-electron chi connectivity index (χ0n) is 21.7. The molecule has 5 rings (SSSR count). The summed E-state index contributed by atoms with van der Waals surface area (Å²) in [5.74, 6) is -2.46. The van der Waals surface area contributed by atoms with Gasteiger partial charge in [0.15, 0.2) is 5.78 Å². The molecule has 194 valence electrons. The number of Topliss-reactive ketones (excluding diaryl/α,β-unsaturated/α-hetero) is 1. The number of carbonyl (C=O) groups excluding carboxylic acids is 3. The molecule has 2 unspecified atom stereocenters. The monoisotopic (exact) mass is 516 g/mol. The molecular weight excluding hydrogens is 488 g/mol. The molecule has 0 heterocycles. The third kappa shape index (κ3) is 5.43. The average molecular weight is 517 g/mol. The molecule has 0 aliphatic carbocycles. The minimum atomic E-state index is -1.07. The van der Waals surface area contributed by atoms with Crippen molar-refractivity contribution in [1.29, 1.82) is 0 Å². The van der Waals surface area contributed by atoms with Gasteiger partial charge in [0.25, 0.3) is 0 Å². The molecule has 0 spiro atoms. The van der Waals surface area contributed by atoms with Gasteiger partial charge in [0.05, 0.1) is 0 Å². The number of ether oxygens (including phenoxy) is 2. The molecule has 0 saturated heterocycles. The van der Waals surface area contributed by atoms with Gasteiger partial charge in [0, 0.05) is 30.5 Å². The first-order valence-electron chi connectivity index (χ1n) is 12.8. The van der Waals surface area contributed by atoms with E-state index in [0.29, 0.717) is 16.7 Å². The third-order valence-corrected chi connectivity index (χ3v) is 6.86. The van der Waals surface area contributed by atoms with Crippen LogP contribution in [0.5, 0.6) is 0 Å². The van der Waals surface area contributed by atoms with E-state index in [9.17, 15) is 14.4 Å². The second kappa shape index (κ2) is 11.3. The maximum atomic E-state index is 14.4. The van der Waals surface area contributed by atoms with E-state index in [4.69, 9.17) is 9.47 Å². The Morgan fingerprint density at radius 3 is 1.38 bits per heavy atom. The first-order valence-corrected chi connectivity index (χ1v) is 12.8. The van der Waals surface area contributed by atoms with Crippen LogP contribution in [0.4, 0.5) is 0 Å². The molecule has 0 N–H and O–H groups in total. The molecule has 0 saturated carbocycles. The molecule has 2 atom stereocenters. The van der Waals surface area contributed by atoms with E-state index in [1.165, 1.54) is 13.8 Å². The standard InChI is InChI=1S/C34H28O5/c1-22(35)38-33(29-20-10-16-24-12-6-8-18-27(24)29)31(32(37)26-14-4-3-5-15-26)34(39-23(2)36)30-21-11-17-25-13-7-9-19-28(25)30/h3-21,31,33-34H,1-2H3. The van der Waals surface area contributed by atoms with E-state index >= 15 is 0 Å². The molecule has 0 amide bonds. The molecule has 0 aromatic heterocycles. The van der Waals surface area contributed by atoms with Gasteiger partial charge >= 0.3 is 11.9 Å². The topological polar surface area (TPSA) is 69.7 Å². The van der Waals surface area contributed by atoms with Crippen molar-refractivity contribution in [3.63, 3.8) is 0 Å². The van der Waals surface area contributed by atoms with Crippen LogP contribution >= 0.6 is 0 Å². The van der Waals surface area contributed by atoms with E-state index < -0.39 is 30.1 Å². The molecule has 5 nitrogen and oxygen atoms in total. The quantitative estimate of drug-likeness (QED) is 0.159. The molecule has 5 heteroatoms. The zero-order valence-corrected chi connectivity index (χ0v) is 21.7. The summed E-state index contributed by atoms with van der Waals surface area (Å²) in [5.41, 5.74) is 1.75. The largest absolute Gasteiger partial charge is 0.457 e. The Kier molecular flexibility index (Phi) is 7.50. The lowest BCUT2D eigenvalue weighted by Crippen LogP contribution is -2.34. The number of rotatable bonds is 8. The van der Waals surface area contributed by atoms with Gasteiger partial charge in [-0.1, -0.05) is 115 Å². The van der Waals surface area contributed by atoms with Gasteiger partial charge in [0.1, 0.15) is 18.1 Å². The van der Waals surface area contributed by atoms with Crippen molar-refractivity contribution >= 4 is 39.3 Å². The van der Waals surface area contributed by atoms with Crippen molar-refractivity contribution < 1.29 is 23.9 Å². The van der Waals surface area contributed by atoms with Crippen molar-refractivity contribution in [2.24, 2.45) is 5.92 Å². The number of carbonyl (C=O) groups is 3. The van der Waals surface area contributed by atoms with Crippen LogP contribution in [0.2, 0.25) is 0 Å². The van der Waals surface area contributed by atoms with Crippen LogP contribution < -0.4 is 0 Å². The normalized spacial score (nSPS) is 13.4. The number of ketones is 1. The number of hydrogen-bond acceptors (Lipinski definition) is 5. The smallest absolute Gasteiger partial charge is 0.303 e. The summed E-state index contributed by atoms with van der Waals surface area (Å²) in [6.45, 7) is 2.64. The second-order valence-corrected chi connectivity index (χ2v) is 9.45. The predicted molar refractivity (Wildman–Crippen MR) is 151 cm³/mol. The lowest BCUT2D eigenvalue weighted by molar-refractivity contribution is -0.157. The highest BCUT2D eigenvalue weighted by atomic mass is 16.6. The highest BCUT2D eigenvalue weighted by Gasteiger charge is 2.43. The van der Waals surface area contributed by atoms with Crippen LogP contribution in [0.15, 0.2) is 115 Å². The lowest BCUT2D eigenvalue weighted by atomic mass is 9.79. The highest BCUT2D eigenvalue weighted by Crippen LogP contribution is 2.44. The molecule has 0 radical (unpaired) electrons. The summed E-state index contributed by atoms with van der Waals surface area (Å²) in [5, 5.41) is 3.56. The molecule has 5 aromatic carbocycles. The summed E-state index contributed by atoms with van der Waals surface area (Å²) in [6.07, 6.45) is -2.07. The summed E-state index contributed by atoms with van der Waals surface area (Å²) in [4.78, 5) is 39.6. The Balaban J connectivity index is 1.80. The van der Waals surface area contributed by atoms with Gasteiger partial charge in [0.2, 0.25) is 0 Å². The van der Waals surface area contributed by atoms with E-state index in [1.54, 1.807) is 24.3 Å². The molecule has 5 aromatic rings. The Morgan fingerprint density at radius 1 is 0.513 bits per heavy atom. The lowest BCUT2D eigenvalue weighted by Gasteiger charge is -2.33. The fourth-order valence-electron chi connectivity index (χ4n) is 5.24. The summed E-state index contributed by atoms with van der Waals surface area (Å²) in [7, 11) is 0. The first-order chi connectivity index (χ1) is 18.9. The molecule has 0 bridgehead atoms. The summed E-state index contributed by atoms with van der Waals surface area (Å²) in [6, 6.07) is 35.7. The fraction of sp³-hybridized carbons (Fsp3) is 0.147. The van der Waals surface area contributed by atoms with Gasteiger partial charge in [-0.2, -0.15) is 0 Å². The van der Waals surface area contributed by atoms with E-state index in [1.807, 2.05) is 91.0 Å². The minimum absolute atomic E-state index is 0.297. The van der Waals surface area contributed by atoms with E-state index in [0.717, 1.165) is 21.5 Å². The fourth-order valence-corrected chi connectivity index (χ4v) is 5.24. The van der Waals surface area contributed by atoms with Crippen LogP contribution in [0.1, 0.15) is 47.5 Å². The van der Waals surface area contributed by atoms with Crippen molar-refractivity contribution in [2.45, 2.75) is 26.1 Å². The summed E-state index contributed by atoms with van der Waals surface area (Å²) < 4.78 is 12.0. The number of benzene rings is 5. The van der Waals surface area contributed by atoms with Gasteiger partial charge in [-0.25, -0.2) is 0 Å². The number of esters is 2. The van der Waals surface area contributed by atoms with Crippen LogP contribution in [-0.2, 0) is 19.1 Å². The van der Waals surface area contributed by atoms with Crippen molar-refractivity contribution in [2.75, 3.05) is 0 Å². The molecule has 0 aliphatic rings. The van der Waals surface area contributed by atoms with Gasteiger partial charge in [-0.15, -0.1) is 0 Å². The maximum absolute atomic E-state index is 14.4. The second-order valence-electron chi connectivity index (χ2n) is 9.45. The molecular formula is C34H28O5. The first kappa shape index (κ1) is 25.9. The van der Waals surface area contributed by atoms with Crippen LogP contribution in [0.25, 0.3) is 21.5 Å². The molecule has 39 heavy (non-hydrogen) atoms. The van der Waals surface area contributed by atoms with Gasteiger partial charge in [-0.05, 0) is 21.5 Å². The molecule has 0 fully saturated rings. The van der Waals surface area contributed by atoms with E-state index in [-0.39, 0.29) is 5.78 Å². The van der Waals surface area contributed by atoms with E-state index in [2.05, 4.69) is 0 Å². The van der Waals surface area contributed by atoms with Crippen LogP contribution in [0, 0.1) is 5.92 Å². The molecule has 0 aliphatic heterocycles. The zero-order chi connectivity index (χ0) is 27.4. The third-order valence-electron chi connectivity index (χ3n) is 6.86. The number of hydrogen-bond donors (Lipinski definition) is 0. The minimum Gasteiger partial charge on any atom is -0.457 e. The summed E-state index contributed by atoms with van der Waals surface area (Å²) >= 11 is 0. The highest BCUT2D eigenvalue weighted by molar-refractivity contribution is 6.00. The van der Waals surface area contributed by atoms with Gasteiger partial charge in [-0.3, -0.25) is 14.4 Å². The average Bonchev–Trinajstić information content (AvgIpc) is 2.95. The van der Waals surface area contributed by atoms with Crippen LogP contribution in [0.3, 0.4) is 0 Å². The van der Waals surface area contributed by atoms with Gasteiger partial charge < -0.3 is 9.47 Å². The Hall–Kier alpha value is -4.77. The number of fused-ring (bicyclic) bond motifs is 2. The SMILES string of the molecule is CC(=O)OC(c1cccc2ccccc12)C(C(=O)c1ccccc1)C(OC(C)=O)c1cccc2ccccc12.